The van der Waals surface area contributed by atoms with Crippen LogP contribution in [0.15, 0.2) is 6.20 Å². The maximum atomic E-state index is 11.5. The molecule has 0 bridgehead atoms. The molecular formula is C10H16N4O3. The number of nitrogens with zero attached hydrogens (tertiary/aromatic N) is 1. The molecule has 0 aliphatic rings. The quantitative estimate of drug-likeness (QED) is 0.519. The Hall–Kier alpha value is -1.89. The summed E-state index contributed by atoms with van der Waals surface area (Å²) in [6, 6.07) is 0. The number of nitrogens with one attached hydrogen (secondary N) is 2. The number of aromatic amines is 1. The van der Waals surface area contributed by atoms with Crippen LogP contribution in [0.4, 0.5) is 5.82 Å². The zero-order valence-corrected chi connectivity index (χ0v) is 9.40. The lowest BCUT2D eigenvalue weighted by Gasteiger charge is -2.03. The molecule has 1 aromatic heterocycles. The first-order chi connectivity index (χ1) is 8.15. The molecule has 7 nitrogen and oxygen atoms in total. The van der Waals surface area contributed by atoms with E-state index in [0.29, 0.717) is 13.0 Å². The highest BCUT2D eigenvalue weighted by molar-refractivity contribution is 5.98. The molecule has 1 amide bonds. The lowest BCUT2D eigenvalue weighted by atomic mass is 10.2. The number of carbonyl (C=O) groups is 2. The summed E-state index contributed by atoms with van der Waals surface area (Å²) in [6.45, 7) is 0.616. The highest BCUT2D eigenvalue weighted by Crippen LogP contribution is 2.11. The molecule has 0 saturated heterocycles. The lowest BCUT2D eigenvalue weighted by molar-refractivity contribution is -0.116. The average molecular weight is 240 g/mol. The van der Waals surface area contributed by atoms with Gasteiger partial charge >= 0.3 is 5.97 Å². The second-order valence-electron chi connectivity index (χ2n) is 3.61. The lowest BCUT2D eigenvalue weighted by Crippen LogP contribution is -2.14. The monoisotopic (exact) mass is 240 g/mol. The van der Waals surface area contributed by atoms with Crippen LogP contribution >= 0.6 is 0 Å². The number of aromatic carboxylic acids is 1. The molecule has 0 atom stereocenters. The van der Waals surface area contributed by atoms with Crippen LogP contribution in [0.25, 0.3) is 0 Å². The van der Waals surface area contributed by atoms with Gasteiger partial charge in [0.25, 0.3) is 0 Å². The molecule has 0 aliphatic carbocycles. The average Bonchev–Trinajstić information content (AvgIpc) is 2.72. The van der Waals surface area contributed by atoms with Gasteiger partial charge in [0, 0.05) is 6.42 Å². The first-order valence-corrected chi connectivity index (χ1v) is 5.41. The number of carboxylic acids is 1. The van der Waals surface area contributed by atoms with Crippen molar-refractivity contribution < 1.29 is 14.7 Å². The first kappa shape index (κ1) is 13.2. The summed E-state index contributed by atoms with van der Waals surface area (Å²) in [5.41, 5.74) is 5.29. The molecule has 7 heteroatoms. The Labute approximate surface area is 98.4 Å². The smallest absolute Gasteiger partial charge is 0.341 e. The Morgan fingerprint density at radius 1 is 1.41 bits per heavy atom. The molecule has 5 N–H and O–H groups in total. The van der Waals surface area contributed by atoms with E-state index in [1.54, 1.807) is 0 Å². The number of anilines is 1. The molecule has 1 heterocycles. The number of hydrogen-bond donors (Lipinski definition) is 4. The second kappa shape index (κ2) is 6.64. The fourth-order valence-corrected chi connectivity index (χ4v) is 1.35. The van der Waals surface area contributed by atoms with Crippen molar-refractivity contribution in [3.8, 4) is 0 Å². The molecule has 17 heavy (non-hydrogen) atoms. The van der Waals surface area contributed by atoms with E-state index in [-0.39, 0.29) is 17.3 Å². The van der Waals surface area contributed by atoms with Crippen molar-refractivity contribution in [2.75, 3.05) is 11.9 Å². The van der Waals surface area contributed by atoms with Gasteiger partial charge in [0.05, 0.1) is 6.20 Å². The summed E-state index contributed by atoms with van der Waals surface area (Å²) < 4.78 is 0. The fourth-order valence-electron chi connectivity index (χ4n) is 1.35. The van der Waals surface area contributed by atoms with E-state index in [0.717, 1.165) is 25.5 Å². The van der Waals surface area contributed by atoms with Crippen molar-refractivity contribution in [3.05, 3.63) is 11.8 Å². The molecule has 1 aromatic rings. The standard InChI is InChI=1S/C10H16N4O3/c11-5-3-1-2-4-8(15)13-9-7(10(16)17)6-12-14-9/h6H,1-5,11H2,(H,16,17)(H2,12,13,14,15). The number of hydrogen-bond acceptors (Lipinski definition) is 4. The van der Waals surface area contributed by atoms with Gasteiger partial charge in [-0.1, -0.05) is 6.42 Å². The van der Waals surface area contributed by atoms with Crippen LogP contribution in [0, 0.1) is 0 Å². The third-order valence-corrected chi connectivity index (χ3v) is 2.24. The third-order valence-electron chi connectivity index (χ3n) is 2.24. The van der Waals surface area contributed by atoms with Crippen molar-refractivity contribution in [1.29, 1.82) is 0 Å². The minimum atomic E-state index is -1.13. The number of carboxylic acid groups (broad SMARTS) is 1. The number of H-pyrrole nitrogens is 1. The number of aromatic nitrogens is 2. The van der Waals surface area contributed by atoms with Crippen molar-refractivity contribution >= 4 is 17.7 Å². The Morgan fingerprint density at radius 3 is 2.82 bits per heavy atom. The van der Waals surface area contributed by atoms with Gasteiger partial charge in [0.1, 0.15) is 11.4 Å². The van der Waals surface area contributed by atoms with E-state index in [1.165, 1.54) is 0 Å². The molecular weight excluding hydrogens is 224 g/mol. The molecule has 0 aliphatic heterocycles. The third kappa shape index (κ3) is 4.23. The van der Waals surface area contributed by atoms with Gasteiger partial charge < -0.3 is 16.2 Å². The van der Waals surface area contributed by atoms with Gasteiger partial charge in [-0.05, 0) is 19.4 Å². The van der Waals surface area contributed by atoms with Gasteiger partial charge in [-0.3, -0.25) is 9.89 Å². The Balaban J connectivity index is 2.40. The van der Waals surface area contributed by atoms with Crippen LogP contribution in [-0.2, 0) is 4.79 Å². The summed E-state index contributed by atoms with van der Waals surface area (Å²) in [5.74, 6) is -1.23. The Kier molecular flexibility index (Phi) is 5.15. The predicted octanol–water partition coefficient (Wildman–Crippen LogP) is 0.565. The van der Waals surface area contributed by atoms with E-state index in [9.17, 15) is 9.59 Å². The number of rotatable bonds is 7. The molecule has 0 saturated carbocycles. The number of amides is 1. The van der Waals surface area contributed by atoms with Gasteiger partial charge in [0.2, 0.25) is 5.91 Å². The first-order valence-electron chi connectivity index (χ1n) is 5.41. The fraction of sp³-hybridized carbons (Fsp3) is 0.500. The highest BCUT2D eigenvalue weighted by Gasteiger charge is 2.14. The van der Waals surface area contributed by atoms with E-state index in [1.807, 2.05) is 0 Å². The molecule has 0 spiro atoms. The minimum absolute atomic E-state index is 0.0414. The maximum absolute atomic E-state index is 11.5. The summed E-state index contributed by atoms with van der Waals surface area (Å²) in [4.78, 5) is 22.2. The van der Waals surface area contributed by atoms with Gasteiger partial charge in [0.15, 0.2) is 0 Å². The molecule has 0 aromatic carbocycles. The van der Waals surface area contributed by atoms with Gasteiger partial charge in [-0.2, -0.15) is 5.10 Å². The zero-order valence-electron chi connectivity index (χ0n) is 9.40. The van der Waals surface area contributed by atoms with Crippen LogP contribution in [-0.4, -0.2) is 33.7 Å². The van der Waals surface area contributed by atoms with E-state index in [4.69, 9.17) is 10.8 Å². The van der Waals surface area contributed by atoms with Crippen molar-refractivity contribution in [1.82, 2.24) is 10.2 Å². The summed E-state index contributed by atoms with van der Waals surface area (Å²) in [7, 11) is 0. The van der Waals surface area contributed by atoms with Crippen LogP contribution in [0.1, 0.15) is 36.0 Å². The SMILES string of the molecule is NCCCCCC(=O)Nc1[nH]ncc1C(=O)O. The molecule has 1 rings (SSSR count). The minimum Gasteiger partial charge on any atom is -0.477 e. The van der Waals surface area contributed by atoms with Gasteiger partial charge in [-0.15, -0.1) is 0 Å². The van der Waals surface area contributed by atoms with Crippen LogP contribution < -0.4 is 11.1 Å². The number of nitrogens with two attached hydrogens (primary N) is 1. The van der Waals surface area contributed by atoms with Crippen LogP contribution in [0.2, 0.25) is 0 Å². The van der Waals surface area contributed by atoms with E-state index < -0.39 is 5.97 Å². The van der Waals surface area contributed by atoms with Crippen LogP contribution in [0.5, 0.6) is 0 Å². The Bertz CT molecular complexity index is 389. The predicted molar refractivity (Wildman–Crippen MR) is 61.7 cm³/mol. The van der Waals surface area contributed by atoms with Crippen molar-refractivity contribution in [2.24, 2.45) is 5.73 Å². The van der Waals surface area contributed by atoms with Gasteiger partial charge in [-0.25, -0.2) is 4.79 Å². The maximum Gasteiger partial charge on any atom is 0.341 e. The highest BCUT2D eigenvalue weighted by atomic mass is 16.4. The molecule has 0 fully saturated rings. The largest absolute Gasteiger partial charge is 0.477 e. The zero-order chi connectivity index (χ0) is 12.7. The molecule has 0 unspecified atom stereocenters. The second-order valence-corrected chi connectivity index (χ2v) is 3.61. The molecule has 0 radical (unpaired) electrons. The summed E-state index contributed by atoms with van der Waals surface area (Å²) >= 11 is 0. The van der Waals surface area contributed by atoms with E-state index >= 15 is 0 Å². The van der Waals surface area contributed by atoms with Crippen molar-refractivity contribution in [2.45, 2.75) is 25.7 Å². The Morgan fingerprint density at radius 2 is 2.18 bits per heavy atom. The molecule has 94 valence electrons. The normalized spacial score (nSPS) is 10.2. The summed E-state index contributed by atoms with van der Waals surface area (Å²) in [5, 5.41) is 17.3. The van der Waals surface area contributed by atoms with Crippen LogP contribution in [0.3, 0.4) is 0 Å². The summed E-state index contributed by atoms with van der Waals surface area (Å²) in [6.07, 6.45) is 4.01. The topological polar surface area (TPSA) is 121 Å². The number of unbranched alkanes of at least 4 members (excludes halogenated alkanes) is 2. The van der Waals surface area contributed by atoms with Crippen molar-refractivity contribution in [3.63, 3.8) is 0 Å². The number of carbonyl (C=O) groups excluding carboxylic acids is 1. The van der Waals surface area contributed by atoms with E-state index in [2.05, 4.69) is 15.5 Å².